The molecular formula is C31H35N3O6. The Morgan fingerprint density at radius 2 is 1.77 bits per heavy atom. The first-order chi connectivity index (χ1) is 19.4. The van der Waals surface area contributed by atoms with E-state index in [1.54, 1.807) is 47.4 Å². The van der Waals surface area contributed by atoms with Crippen molar-refractivity contribution in [3.05, 3.63) is 77.9 Å². The summed E-state index contributed by atoms with van der Waals surface area (Å²) in [5.74, 6) is -1.86. The summed E-state index contributed by atoms with van der Waals surface area (Å²) >= 11 is 0. The number of aliphatic hydroxyl groups is 1. The van der Waals surface area contributed by atoms with Crippen molar-refractivity contribution in [2.75, 3.05) is 57.4 Å². The number of carbonyl (C=O) groups excluding carboxylic acids is 3. The molecule has 0 saturated carbocycles. The zero-order valence-corrected chi connectivity index (χ0v) is 22.8. The number of ketones is 1. The number of Topliss-reactive ketones (excluding diaryl/α,β-unsaturated/α-hetero) is 1. The lowest BCUT2D eigenvalue weighted by Crippen LogP contribution is -2.52. The molecule has 2 amide bonds. The second kappa shape index (κ2) is 11.7. The van der Waals surface area contributed by atoms with Gasteiger partial charge in [0.25, 0.3) is 17.6 Å². The van der Waals surface area contributed by atoms with Gasteiger partial charge in [-0.15, -0.1) is 0 Å². The molecule has 0 aliphatic carbocycles. The minimum atomic E-state index is -1.74. The van der Waals surface area contributed by atoms with Gasteiger partial charge < -0.3 is 24.4 Å². The molecule has 9 nitrogen and oxygen atoms in total. The Balaban J connectivity index is 1.61. The van der Waals surface area contributed by atoms with Crippen molar-refractivity contribution < 1.29 is 29.0 Å². The van der Waals surface area contributed by atoms with E-state index in [-0.39, 0.29) is 17.9 Å². The van der Waals surface area contributed by atoms with E-state index in [9.17, 15) is 19.5 Å². The van der Waals surface area contributed by atoms with Gasteiger partial charge in [-0.2, -0.15) is 0 Å². The van der Waals surface area contributed by atoms with Crippen molar-refractivity contribution in [1.29, 1.82) is 0 Å². The third kappa shape index (κ3) is 4.59. The Bertz CT molecular complexity index is 1330. The standard InChI is InChI=1S/C31H35N3O6/c1-3-14-33-25-9-6-5-8-24(25)31(30(33)38)26(27(35)22-10-12-23(13-11-22)40-19-4-2)28(36)29(37)34(31)16-7-15-32-17-20-39-21-18-32/h4-6,8-13,35H,2-3,7,14-21H2,1H3/t31-/m1/s1. The summed E-state index contributed by atoms with van der Waals surface area (Å²) in [4.78, 5) is 47.1. The van der Waals surface area contributed by atoms with E-state index in [1.807, 2.05) is 19.1 Å². The van der Waals surface area contributed by atoms with E-state index < -0.39 is 23.1 Å². The molecule has 0 unspecified atom stereocenters. The number of nitrogens with zero attached hydrogens (tertiary/aromatic N) is 3. The van der Waals surface area contributed by atoms with Gasteiger partial charge in [-0.05, 0) is 43.2 Å². The molecule has 210 valence electrons. The van der Waals surface area contributed by atoms with Crippen LogP contribution in [0.4, 0.5) is 5.69 Å². The molecule has 3 aliphatic rings. The van der Waals surface area contributed by atoms with Crippen molar-refractivity contribution in [2.45, 2.75) is 25.3 Å². The van der Waals surface area contributed by atoms with Crippen molar-refractivity contribution in [3.8, 4) is 5.75 Å². The zero-order valence-electron chi connectivity index (χ0n) is 22.8. The predicted octanol–water partition coefficient (Wildman–Crippen LogP) is 3.31. The van der Waals surface area contributed by atoms with Gasteiger partial charge in [0.1, 0.15) is 18.1 Å². The number of benzene rings is 2. The number of hydrogen-bond acceptors (Lipinski definition) is 7. The summed E-state index contributed by atoms with van der Waals surface area (Å²) in [6, 6.07) is 13.8. The number of fused-ring (bicyclic) bond motifs is 2. The quantitative estimate of drug-likeness (QED) is 0.212. The van der Waals surface area contributed by atoms with Crippen LogP contribution in [0.15, 0.2) is 66.8 Å². The predicted molar refractivity (Wildman–Crippen MR) is 151 cm³/mol. The van der Waals surface area contributed by atoms with Crippen LogP contribution in [0.5, 0.6) is 5.75 Å². The van der Waals surface area contributed by atoms with Crippen LogP contribution in [0.3, 0.4) is 0 Å². The highest BCUT2D eigenvalue weighted by molar-refractivity contribution is 6.50. The number of amides is 2. The molecule has 3 heterocycles. The van der Waals surface area contributed by atoms with Gasteiger partial charge in [0.2, 0.25) is 0 Å². The molecule has 2 saturated heterocycles. The number of morpholine rings is 1. The number of para-hydroxylation sites is 1. The van der Waals surface area contributed by atoms with Crippen LogP contribution in [0.2, 0.25) is 0 Å². The summed E-state index contributed by atoms with van der Waals surface area (Å²) in [6.07, 6.45) is 2.87. The molecule has 3 aliphatic heterocycles. The van der Waals surface area contributed by atoms with Gasteiger partial charge >= 0.3 is 0 Å². The van der Waals surface area contributed by atoms with E-state index in [4.69, 9.17) is 9.47 Å². The first-order valence-corrected chi connectivity index (χ1v) is 13.8. The van der Waals surface area contributed by atoms with Crippen LogP contribution in [0.25, 0.3) is 5.76 Å². The Morgan fingerprint density at radius 3 is 2.48 bits per heavy atom. The molecule has 2 aromatic carbocycles. The molecule has 9 heteroatoms. The van der Waals surface area contributed by atoms with Crippen LogP contribution in [0.1, 0.15) is 30.9 Å². The second-order valence-electron chi connectivity index (χ2n) is 10.1. The monoisotopic (exact) mass is 545 g/mol. The van der Waals surface area contributed by atoms with Crippen molar-refractivity contribution in [2.24, 2.45) is 0 Å². The molecule has 1 atom stereocenters. The normalized spacial score (nSPS) is 22.3. The minimum absolute atomic E-state index is 0.188. The van der Waals surface area contributed by atoms with Gasteiger partial charge in [0, 0.05) is 43.9 Å². The third-order valence-corrected chi connectivity index (χ3v) is 7.71. The Hall–Kier alpha value is -3.95. The molecule has 2 fully saturated rings. The fraction of sp³-hybridized carbons (Fsp3) is 0.387. The van der Waals surface area contributed by atoms with Crippen molar-refractivity contribution in [1.82, 2.24) is 9.80 Å². The molecule has 0 aromatic heterocycles. The molecule has 1 spiro atoms. The molecule has 2 aromatic rings. The molecule has 0 bridgehead atoms. The smallest absolute Gasteiger partial charge is 0.296 e. The number of anilines is 1. The maximum Gasteiger partial charge on any atom is 0.296 e. The number of hydrogen-bond donors (Lipinski definition) is 1. The highest BCUT2D eigenvalue weighted by Crippen LogP contribution is 2.53. The largest absolute Gasteiger partial charge is 0.507 e. The summed E-state index contributed by atoms with van der Waals surface area (Å²) in [5.41, 5.74) is -0.442. The molecular weight excluding hydrogens is 510 g/mol. The number of carbonyl (C=O) groups is 3. The molecule has 40 heavy (non-hydrogen) atoms. The van der Waals surface area contributed by atoms with Crippen LogP contribution < -0.4 is 9.64 Å². The molecule has 5 rings (SSSR count). The second-order valence-corrected chi connectivity index (χ2v) is 10.1. The Labute approximate surface area is 234 Å². The highest BCUT2D eigenvalue weighted by atomic mass is 16.5. The SMILES string of the molecule is C=CCOc1ccc(C(O)=C2C(=O)C(=O)N(CCCN3CCOCC3)[C@@]23C(=O)N(CCC)c2ccccc23)cc1. The van der Waals surface area contributed by atoms with Crippen molar-refractivity contribution >= 4 is 29.0 Å². The lowest BCUT2D eigenvalue weighted by atomic mass is 9.82. The fourth-order valence-corrected chi connectivity index (χ4v) is 5.90. The van der Waals surface area contributed by atoms with Gasteiger partial charge in [0.05, 0.1) is 24.5 Å². The van der Waals surface area contributed by atoms with E-state index in [1.165, 1.54) is 4.90 Å². The Morgan fingerprint density at radius 1 is 1.05 bits per heavy atom. The number of likely N-dealkylation sites (tertiary alicyclic amines) is 1. The fourth-order valence-electron chi connectivity index (χ4n) is 5.90. The van der Waals surface area contributed by atoms with Gasteiger partial charge in [-0.1, -0.05) is 37.8 Å². The van der Waals surface area contributed by atoms with Crippen LogP contribution in [-0.2, 0) is 24.7 Å². The first-order valence-electron chi connectivity index (χ1n) is 13.8. The Kier molecular flexibility index (Phi) is 8.04. The summed E-state index contributed by atoms with van der Waals surface area (Å²) < 4.78 is 11.0. The third-order valence-electron chi connectivity index (χ3n) is 7.71. The molecule has 1 N–H and O–H groups in total. The summed E-state index contributed by atoms with van der Waals surface area (Å²) in [7, 11) is 0. The number of ether oxygens (including phenoxy) is 2. The van der Waals surface area contributed by atoms with Crippen molar-refractivity contribution in [3.63, 3.8) is 0 Å². The molecule has 0 radical (unpaired) electrons. The van der Waals surface area contributed by atoms with E-state index >= 15 is 0 Å². The van der Waals surface area contributed by atoms with Gasteiger partial charge in [-0.3, -0.25) is 19.3 Å². The van der Waals surface area contributed by atoms with Gasteiger partial charge in [-0.25, -0.2) is 0 Å². The highest BCUT2D eigenvalue weighted by Gasteiger charge is 2.66. The van der Waals surface area contributed by atoms with Crippen LogP contribution >= 0.6 is 0 Å². The first kappa shape index (κ1) is 27.6. The number of aliphatic hydroxyl groups excluding tert-OH is 1. The summed E-state index contributed by atoms with van der Waals surface area (Å²) in [5, 5.41) is 11.6. The maximum atomic E-state index is 14.4. The number of rotatable bonds is 10. The lowest BCUT2D eigenvalue weighted by Gasteiger charge is -2.35. The minimum Gasteiger partial charge on any atom is -0.507 e. The average Bonchev–Trinajstić information content (AvgIpc) is 3.35. The van der Waals surface area contributed by atoms with E-state index in [2.05, 4.69) is 11.5 Å². The zero-order chi connectivity index (χ0) is 28.3. The maximum absolute atomic E-state index is 14.4. The van der Waals surface area contributed by atoms with E-state index in [0.717, 1.165) is 13.1 Å². The van der Waals surface area contributed by atoms with E-state index in [0.29, 0.717) is 68.3 Å². The average molecular weight is 546 g/mol. The van der Waals surface area contributed by atoms with Crippen LogP contribution in [0, 0.1) is 0 Å². The van der Waals surface area contributed by atoms with Gasteiger partial charge in [0.15, 0.2) is 5.54 Å². The lowest BCUT2D eigenvalue weighted by molar-refractivity contribution is -0.143. The van der Waals surface area contributed by atoms with Crippen LogP contribution in [-0.4, -0.2) is 85.0 Å². The summed E-state index contributed by atoms with van der Waals surface area (Å²) in [6.45, 7) is 10.1. The topological polar surface area (TPSA) is 99.6 Å².